The number of carbonyl (C=O) groups excluding carboxylic acids is 1. The van der Waals surface area contributed by atoms with E-state index < -0.39 is 20.9 Å². The molecule has 0 saturated heterocycles. The van der Waals surface area contributed by atoms with E-state index in [4.69, 9.17) is 4.42 Å². The molecule has 0 aliphatic carbocycles. The Bertz CT molecular complexity index is 1110. The minimum absolute atomic E-state index is 0.0352. The van der Waals surface area contributed by atoms with Crippen molar-refractivity contribution in [2.45, 2.75) is 31.6 Å². The van der Waals surface area contributed by atoms with Crippen LogP contribution in [0.5, 0.6) is 0 Å². The second-order valence-electron chi connectivity index (χ2n) is 5.81. The molecular formula is C18H17NO5S2. The van der Waals surface area contributed by atoms with Crippen molar-refractivity contribution in [2.75, 3.05) is 4.31 Å². The number of anilines is 1. The molecule has 8 heteroatoms. The van der Waals surface area contributed by atoms with Gasteiger partial charge in [-0.25, -0.2) is 17.5 Å². The van der Waals surface area contributed by atoms with Gasteiger partial charge in [-0.3, -0.25) is 4.79 Å². The summed E-state index contributed by atoms with van der Waals surface area (Å²) in [5, 5.41) is 0. The van der Waals surface area contributed by atoms with Gasteiger partial charge in [-0.2, -0.15) is 0 Å². The first-order valence-corrected chi connectivity index (χ1v) is 10.3. The van der Waals surface area contributed by atoms with E-state index in [1.807, 2.05) is 6.92 Å². The van der Waals surface area contributed by atoms with Crippen LogP contribution in [0.1, 0.15) is 25.3 Å². The molecular weight excluding hydrogens is 374 g/mol. The molecule has 0 aliphatic heterocycles. The van der Waals surface area contributed by atoms with Crippen molar-refractivity contribution in [2.24, 2.45) is 0 Å². The maximum atomic E-state index is 13.1. The third-order valence-electron chi connectivity index (χ3n) is 3.80. The van der Waals surface area contributed by atoms with Gasteiger partial charge in [-0.15, -0.1) is 0 Å². The summed E-state index contributed by atoms with van der Waals surface area (Å²) in [6.07, 6.45) is 0.602. The van der Waals surface area contributed by atoms with Gasteiger partial charge >= 0.3 is 4.94 Å². The van der Waals surface area contributed by atoms with E-state index >= 15 is 0 Å². The molecule has 0 N–H and O–H groups in total. The number of benzene rings is 2. The fourth-order valence-corrected chi connectivity index (χ4v) is 4.68. The van der Waals surface area contributed by atoms with Crippen LogP contribution < -0.4 is 9.24 Å². The molecule has 0 unspecified atom stereocenters. The molecule has 1 aromatic heterocycles. The highest BCUT2D eigenvalue weighted by Crippen LogP contribution is 2.29. The summed E-state index contributed by atoms with van der Waals surface area (Å²) in [4.78, 5) is 23.6. The lowest BCUT2D eigenvalue weighted by Crippen LogP contribution is -2.36. The van der Waals surface area contributed by atoms with Gasteiger partial charge in [0.1, 0.15) is 5.58 Å². The van der Waals surface area contributed by atoms with Crippen LogP contribution in [0.3, 0.4) is 0 Å². The fourth-order valence-electron chi connectivity index (χ4n) is 2.54. The Labute approximate surface area is 154 Å². The van der Waals surface area contributed by atoms with Crippen LogP contribution >= 0.6 is 11.3 Å². The molecule has 1 amide bonds. The summed E-state index contributed by atoms with van der Waals surface area (Å²) in [5.41, 5.74) is 1.47. The number of hydrogen-bond donors (Lipinski definition) is 0. The molecule has 136 valence electrons. The topological polar surface area (TPSA) is 84.7 Å². The van der Waals surface area contributed by atoms with Gasteiger partial charge in [-0.05, 0) is 43.7 Å². The van der Waals surface area contributed by atoms with E-state index in [2.05, 4.69) is 0 Å². The maximum Gasteiger partial charge on any atom is 0.396 e. The zero-order valence-electron chi connectivity index (χ0n) is 14.3. The van der Waals surface area contributed by atoms with Gasteiger partial charge in [0, 0.05) is 6.42 Å². The second-order valence-corrected chi connectivity index (χ2v) is 8.58. The molecule has 26 heavy (non-hydrogen) atoms. The van der Waals surface area contributed by atoms with E-state index in [9.17, 15) is 18.0 Å². The first kappa shape index (κ1) is 18.3. The second kappa shape index (κ2) is 7.05. The summed E-state index contributed by atoms with van der Waals surface area (Å²) in [6, 6.07) is 10.8. The predicted octanol–water partition coefficient (Wildman–Crippen LogP) is 3.68. The average molecular weight is 391 g/mol. The Morgan fingerprint density at radius 1 is 1.15 bits per heavy atom. The van der Waals surface area contributed by atoms with Crippen LogP contribution in [0.2, 0.25) is 0 Å². The number of nitrogens with zero attached hydrogens (tertiary/aromatic N) is 1. The van der Waals surface area contributed by atoms with Crippen LogP contribution in [0.15, 0.2) is 56.6 Å². The van der Waals surface area contributed by atoms with Crippen molar-refractivity contribution in [1.82, 2.24) is 0 Å². The molecule has 0 atom stereocenters. The van der Waals surface area contributed by atoms with E-state index in [-0.39, 0.29) is 17.0 Å². The molecule has 0 saturated carbocycles. The predicted molar refractivity (Wildman–Crippen MR) is 101 cm³/mol. The highest BCUT2D eigenvalue weighted by Gasteiger charge is 2.30. The van der Waals surface area contributed by atoms with Crippen LogP contribution in [-0.4, -0.2) is 14.3 Å². The summed E-state index contributed by atoms with van der Waals surface area (Å²) < 4.78 is 32.6. The zero-order chi connectivity index (χ0) is 18.9. The van der Waals surface area contributed by atoms with Crippen molar-refractivity contribution < 1.29 is 17.6 Å². The molecule has 0 spiro atoms. The molecule has 0 bridgehead atoms. The summed E-state index contributed by atoms with van der Waals surface area (Å²) in [7, 11) is -4.07. The Hall–Kier alpha value is -2.45. The summed E-state index contributed by atoms with van der Waals surface area (Å²) in [6.45, 7) is 3.66. The molecule has 0 radical (unpaired) electrons. The van der Waals surface area contributed by atoms with Crippen molar-refractivity contribution in [3.05, 3.63) is 57.8 Å². The minimum atomic E-state index is -4.07. The summed E-state index contributed by atoms with van der Waals surface area (Å²) >= 11 is 0.862. The fraction of sp³-hybridized carbons (Fsp3) is 0.222. The number of sulfonamides is 1. The van der Waals surface area contributed by atoms with Crippen molar-refractivity contribution >= 4 is 43.2 Å². The van der Waals surface area contributed by atoms with E-state index in [1.54, 1.807) is 19.1 Å². The number of amides is 1. The van der Waals surface area contributed by atoms with Crippen molar-refractivity contribution in [3.63, 3.8) is 0 Å². The Morgan fingerprint density at radius 3 is 2.50 bits per heavy atom. The Kier molecular flexibility index (Phi) is 4.97. The van der Waals surface area contributed by atoms with Gasteiger partial charge in [0.05, 0.1) is 15.3 Å². The molecule has 6 nitrogen and oxygen atoms in total. The van der Waals surface area contributed by atoms with Crippen molar-refractivity contribution in [3.8, 4) is 0 Å². The first-order chi connectivity index (χ1) is 12.3. The molecule has 0 aliphatic rings. The Balaban J connectivity index is 2.16. The van der Waals surface area contributed by atoms with Crippen LogP contribution in [0.4, 0.5) is 5.69 Å². The SMILES string of the molecule is CCCC(=O)N(c1ccc2oc(=O)sc2c1)S(=O)(=O)c1ccc(C)cc1. The lowest BCUT2D eigenvalue weighted by Gasteiger charge is -2.22. The third-order valence-corrected chi connectivity index (χ3v) is 6.35. The third kappa shape index (κ3) is 3.42. The molecule has 0 fully saturated rings. The zero-order valence-corrected chi connectivity index (χ0v) is 15.9. The van der Waals surface area contributed by atoms with Crippen LogP contribution in [0.25, 0.3) is 10.3 Å². The van der Waals surface area contributed by atoms with Gasteiger partial charge in [0.25, 0.3) is 10.0 Å². The smallest absolute Gasteiger partial charge is 0.396 e. The number of aryl methyl sites for hydroxylation is 1. The highest BCUT2D eigenvalue weighted by molar-refractivity contribution is 7.93. The molecule has 1 heterocycles. The standard InChI is InChI=1S/C18H17NO5S2/c1-3-4-17(20)19(26(22,23)14-8-5-12(2)6-9-14)13-7-10-15-16(11-13)25-18(21)24-15/h5-11H,3-4H2,1-2H3. The van der Waals surface area contributed by atoms with Crippen molar-refractivity contribution in [1.29, 1.82) is 0 Å². The Morgan fingerprint density at radius 2 is 1.85 bits per heavy atom. The van der Waals surface area contributed by atoms with Crippen LogP contribution in [0, 0.1) is 6.92 Å². The molecule has 3 rings (SSSR count). The molecule has 2 aromatic carbocycles. The normalized spacial score (nSPS) is 11.6. The largest absolute Gasteiger partial charge is 0.414 e. The number of carbonyl (C=O) groups is 1. The lowest BCUT2D eigenvalue weighted by molar-refractivity contribution is -0.117. The summed E-state index contributed by atoms with van der Waals surface area (Å²) in [5.74, 6) is -0.525. The van der Waals surface area contributed by atoms with Gasteiger partial charge < -0.3 is 4.42 Å². The molecule has 3 aromatic rings. The lowest BCUT2D eigenvalue weighted by atomic mass is 10.2. The average Bonchev–Trinajstić information content (AvgIpc) is 2.95. The van der Waals surface area contributed by atoms with E-state index in [0.29, 0.717) is 16.7 Å². The quantitative estimate of drug-likeness (QED) is 0.662. The van der Waals surface area contributed by atoms with E-state index in [0.717, 1.165) is 21.2 Å². The van der Waals surface area contributed by atoms with Gasteiger partial charge in [0.2, 0.25) is 5.91 Å². The highest BCUT2D eigenvalue weighted by atomic mass is 32.2. The first-order valence-electron chi connectivity index (χ1n) is 8.01. The maximum absolute atomic E-state index is 13.1. The van der Waals surface area contributed by atoms with Gasteiger partial charge in [0.15, 0.2) is 0 Å². The number of rotatable bonds is 5. The number of fused-ring (bicyclic) bond motifs is 1. The number of hydrogen-bond acceptors (Lipinski definition) is 6. The van der Waals surface area contributed by atoms with Gasteiger partial charge in [-0.1, -0.05) is 36.0 Å². The van der Waals surface area contributed by atoms with E-state index in [1.165, 1.54) is 30.3 Å². The minimum Gasteiger partial charge on any atom is -0.414 e. The monoisotopic (exact) mass is 391 g/mol. The van der Waals surface area contributed by atoms with Crippen LogP contribution in [-0.2, 0) is 14.8 Å².